The molecule has 7 nitrogen and oxygen atoms in total. The van der Waals surface area contributed by atoms with Gasteiger partial charge in [-0.2, -0.15) is 0 Å². The van der Waals surface area contributed by atoms with Crippen molar-refractivity contribution in [2.45, 2.75) is 27.2 Å². The number of carbonyl (C=O) groups is 1. The molecule has 1 amide bonds. The van der Waals surface area contributed by atoms with Crippen molar-refractivity contribution in [2.75, 3.05) is 13.6 Å². The van der Waals surface area contributed by atoms with E-state index in [0.717, 1.165) is 5.57 Å². The highest BCUT2D eigenvalue weighted by Gasteiger charge is 2.13. The highest BCUT2D eigenvalue weighted by atomic mass is 16.5. The van der Waals surface area contributed by atoms with Crippen LogP contribution in [0.25, 0.3) is 17.1 Å². The number of likely N-dealkylation sites (N-methyl/N-ethyl adjacent to an activating group) is 1. The Balaban J connectivity index is 1.75. The van der Waals surface area contributed by atoms with Crippen LogP contribution in [0, 0.1) is 0 Å². The summed E-state index contributed by atoms with van der Waals surface area (Å²) in [6.45, 7) is 5.99. The largest absolute Gasteiger partial charge is 0.507 e. The van der Waals surface area contributed by atoms with E-state index in [9.17, 15) is 14.7 Å². The number of aromatic amines is 1. The third-order valence-corrected chi connectivity index (χ3v) is 5.03. The van der Waals surface area contributed by atoms with E-state index < -0.39 is 0 Å². The molecule has 1 aromatic carbocycles. The minimum atomic E-state index is -0.349. The van der Waals surface area contributed by atoms with Gasteiger partial charge in [0.15, 0.2) is 0 Å². The van der Waals surface area contributed by atoms with Crippen LogP contribution >= 0.6 is 0 Å². The van der Waals surface area contributed by atoms with Gasteiger partial charge in [-0.15, -0.1) is 0 Å². The molecule has 0 unspecified atom stereocenters. The van der Waals surface area contributed by atoms with Gasteiger partial charge in [0.25, 0.3) is 5.56 Å². The number of para-hydroxylation sites is 1. The molecular formula is C25H27N3O4. The Morgan fingerprint density at radius 1 is 1.25 bits per heavy atom. The number of carbonyl (C=O) groups excluding carboxylic acids is 1. The Hall–Kier alpha value is -3.87. The molecule has 0 bridgehead atoms. The second-order valence-corrected chi connectivity index (χ2v) is 7.67. The first-order valence-corrected chi connectivity index (χ1v) is 10.4. The van der Waals surface area contributed by atoms with E-state index in [0.29, 0.717) is 46.6 Å². The first-order valence-electron chi connectivity index (χ1n) is 10.4. The number of aromatic nitrogens is 2. The van der Waals surface area contributed by atoms with Crippen molar-refractivity contribution in [1.82, 2.24) is 14.9 Å². The molecule has 2 N–H and O–H groups in total. The number of allylic oxidation sites excluding steroid dienone is 1. The molecule has 0 spiro atoms. The van der Waals surface area contributed by atoms with Crippen LogP contribution in [0.2, 0.25) is 0 Å². The lowest BCUT2D eigenvalue weighted by molar-refractivity contribution is -0.124. The summed E-state index contributed by atoms with van der Waals surface area (Å²) < 4.78 is 5.95. The molecular weight excluding hydrogens is 406 g/mol. The number of hydrogen-bond acceptors (Lipinski definition) is 5. The average Bonchev–Trinajstić information content (AvgIpc) is 2.78. The standard InChI is InChI=1S/C25H27N3O4/c1-5-19-23(30)20-13-17(14-26-24(20)27-25(19)31)11-12-22(29)28(4)15-21(16(2)3)32-18-9-7-6-8-10-18/h6-14H,5,15H2,1-4H3,(H2,26,27,30,31)/b12-11+. The number of fused-ring (bicyclic) bond motifs is 1. The molecule has 166 valence electrons. The zero-order valence-electron chi connectivity index (χ0n) is 18.7. The van der Waals surface area contributed by atoms with Gasteiger partial charge in [-0.05, 0) is 55.7 Å². The van der Waals surface area contributed by atoms with Gasteiger partial charge in [-0.1, -0.05) is 25.1 Å². The van der Waals surface area contributed by atoms with Crippen molar-refractivity contribution in [2.24, 2.45) is 0 Å². The normalized spacial score (nSPS) is 11.0. The third-order valence-electron chi connectivity index (χ3n) is 5.03. The zero-order chi connectivity index (χ0) is 23.3. The van der Waals surface area contributed by atoms with Crippen LogP contribution < -0.4 is 10.3 Å². The summed E-state index contributed by atoms with van der Waals surface area (Å²) in [7, 11) is 1.70. The Labute approximate surface area is 186 Å². The van der Waals surface area contributed by atoms with Crippen molar-refractivity contribution in [1.29, 1.82) is 0 Å². The molecule has 3 aromatic rings. The van der Waals surface area contributed by atoms with Gasteiger partial charge in [0.05, 0.1) is 17.5 Å². The highest BCUT2D eigenvalue weighted by molar-refractivity contribution is 5.92. The van der Waals surface area contributed by atoms with E-state index in [1.165, 1.54) is 12.3 Å². The minimum absolute atomic E-state index is 0.0799. The number of amides is 1. The molecule has 0 aliphatic carbocycles. The summed E-state index contributed by atoms with van der Waals surface area (Å²) in [5, 5.41) is 10.9. The van der Waals surface area contributed by atoms with Crippen LogP contribution in [0.4, 0.5) is 0 Å². The van der Waals surface area contributed by atoms with Crippen molar-refractivity contribution >= 4 is 23.0 Å². The van der Waals surface area contributed by atoms with Gasteiger partial charge in [-0.25, -0.2) is 4.98 Å². The van der Waals surface area contributed by atoms with Gasteiger partial charge < -0.3 is 19.7 Å². The number of benzene rings is 1. The van der Waals surface area contributed by atoms with Crippen molar-refractivity contribution in [3.8, 4) is 11.5 Å². The molecule has 0 saturated heterocycles. The van der Waals surface area contributed by atoms with E-state index in [4.69, 9.17) is 4.74 Å². The maximum absolute atomic E-state index is 12.6. The number of nitrogens with zero attached hydrogens (tertiary/aromatic N) is 2. The van der Waals surface area contributed by atoms with E-state index >= 15 is 0 Å². The predicted molar refractivity (Wildman–Crippen MR) is 126 cm³/mol. The topological polar surface area (TPSA) is 95.5 Å². The number of ether oxygens (including phenoxy) is 1. The number of nitrogens with one attached hydrogen (secondary N) is 1. The van der Waals surface area contributed by atoms with Gasteiger partial charge in [0, 0.05) is 19.3 Å². The summed E-state index contributed by atoms with van der Waals surface area (Å²) in [6.07, 6.45) is 5.00. The fraction of sp³-hybridized carbons (Fsp3) is 0.240. The molecule has 0 aliphatic rings. The Morgan fingerprint density at radius 2 is 1.97 bits per heavy atom. The van der Waals surface area contributed by atoms with E-state index in [1.54, 1.807) is 31.0 Å². The van der Waals surface area contributed by atoms with Gasteiger partial charge in [-0.3, -0.25) is 9.59 Å². The lowest BCUT2D eigenvalue weighted by Crippen LogP contribution is -2.28. The fourth-order valence-electron chi connectivity index (χ4n) is 3.14. The monoisotopic (exact) mass is 433 g/mol. The number of hydrogen-bond donors (Lipinski definition) is 2. The Bertz CT molecular complexity index is 1240. The minimum Gasteiger partial charge on any atom is -0.507 e. The SMILES string of the molecule is CCc1c(O)c2cc(/C=C/C(=O)N(C)CC(Oc3ccccc3)=C(C)C)cnc2[nH]c1=O. The molecule has 0 aliphatic heterocycles. The molecule has 2 aromatic heterocycles. The van der Waals surface area contributed by atoms with E-state index in [2.05, 4.69) is 9.97 Å². The highest BCUT2D eigenvalue weighted by Crippen LogP contribution is 2.25. The Kier molecular flexibility index (Phi) is 7.10. The van der Waals surface area contributed by atoms with Crippen LogP contribution in [0.3, 0.4) is 0 Å². The molecule has 0 fully saturated rings. The molecule has 32 heavy (non-hydrogen) atoms. The van der Waals surface area contributed by atoms with Gasteiger partial charge in [0.1, 0.15) is 22.9 Å². The summed E-state index contributed by atoms with van der Waals surface area (Å²) in [5.74, 6) is 1.13. The average molecular weight is 434 g/mol. The maximum Gasteiger partial charge on any atom is 0.256 e. The number of rotatable bonds is 7. The quantitative estimate of drug-likeness (QED) is 0.433. The second-order valence-electron chi connectivity index (χ2n) is 7.67. The summed E-state index contributed by atoms with van der Waals surface area (Å²) in [5.41, 5.74) is 1.87. The van der Waals surface area contributed by atoms with Gasteiger partial charge in [0.2, 0.25) is 5.91 Å². The van der Waals surface area contributed by atoms with Crippen LogP contribution in [0.5, 0.6) is 11.5 Å². The van der Waals surface area contributed by atoms with Crippen LogP contribution in [0.1, 0.15) is 31.9 Å². The predicted octanol–water partition coefficient (Wildman–Crippen LogP) is 4.04. The number of aromatic hydroxyl groups is 1. The van der Waals surface area contributed by atoms with Crippen LogP contribution in [-0.4, -0.2) is 39.5 Å². The Morgan fingerprint density at radius 3 is 2.62 bits per heavy atom. The fourth-order valence-corrected chi connectivity index (χ4v) is 3.14. The van der Waals surface area contributed by atoms with Crippen molar-refractivity contribution < 1.29 is 14.6 Å². The second kappa shape index (κ2) is 9.96. The molecule has 0 atom stereocenters. The maximum atomic E-state index is 12.6. The molecule has 2 heterocycles. The van der Waals surface area contributed by atoms with E-state index in [-0.39, 0.29) is 17.2 Å². The third kappa shape index (κ3) is 5.24. The zero-order valence-corrected chi connectivity index (χ0v) is 18.7. The first-order chi connectivity index (χ1) is 15.3. The van der Waals surface area contributed by atoms with Crippen LogP contribution in [0.15, 0.2) is 64.8 Å². The first kappa shape index (κ1) is 22.8. The smallest absolute Gasteiger partial charge is 0.256 e. The number of H-pyrrole nitrogens is 1. The molecule has 3 rings (SSSR count). The molecule has 0 saturated carbocycles. The van der Waals surface area contributed by atoms with Crippen molar-refractivity contribution in [3.05, 3.63) is 81.5 Å². The van der Waals surface area contributed by atoms with E-state index in [1.807, 2.05) is 44.2 Å². The lowest BCUT2D eigenvalue weighted by Gasteiger charge is -2.19. The lowest BCUT2D eigenvalue weighted by atomic mass is 10.1. The van der Waals surface area contributed by atoms with Crippen molar-refractivity contribution in [3.63, 3.8) is 0 Å². The summed E-state index contributed by atoms with van der Waals surface area (Å²) in [6, 6.07) is 11.1. The van der Waals surface area contributed by atoms with Crippen LogP contribution in [-0.2, 0) is 11.2 Å². The summed E-state index contributed by atoms with van der Waals surface area (Å²) in [4.78, 5) is 33.0. The summed E-state index contributed by atoms with van der Waals surface area (Å²) >= 11 is 0. The number of pyridine rings is 2. The molecule has 7 heteroatoms. The molecule has 0 radical (unpaired) electrons. The van der Waals surface area contributed by atoms with Gasteiger partial charge >= 0.3 is 0 Å².